The van der Waals surface area contributed by atoms with Gasteiger partial charge in [0.2, 0.25) is 0 Å². The van der Waals surface area contributed by atoms with E-state index >= 15 is 0 Å². The van der Waals surface area contributed by atoms with Gasteiger partial charge >= 0.3 is 0 Å². The van der Waals surface area contributed by atoms with Crippen molar-refractivity contribution in [3.8, 4) is 0 Å². The molecule has 0 bridgehead atoms. The van der Waals surface area contributed by atoms with Gasteiger partial charge in [-0.2, -0.15) is 0 Å². The molecule has 1 saturated heterocycles. The van der Waals surface area contributed by atoms with Crippen LogP contribution in [0.4, 0.5) is 0 Å². The van der Waals surface area contributed by atoms with E-state index in [2.05, 4.69) is 11.8 Å². The molecule has 0 N–H and O–H groups in total. The highest BCUT2D eigenvalue weighted by Gasteiger charge is 2.21. The number of likely N-dealkylation sites (tertiary alicyclic amines) is 1. The molecule has 1 atom stereocenters. The summed E-state index contributed by atoms with van der Waals surface area (Å²) < 4.78 is 0. The zero-order chi connectivity index (χ0) is 6.69. The number of hydrogen-bond acceptors (Lipinski definition) is 2. The summed E-state index contributed by atoms with van der Waals surface area (Å²) in [5.41, 5.74) is 0. The van der Waals surface area contributed by atoms with Gasteiger partial charge in [0.15, 0.2) is 0 Å². The number of rotatable bonds is 2. The molecule has 1 rings (SSSR count). The molecule has 9 heavy (non-hydrogen) atoms. The van der Waals surface area contributed by atoms with Gasteiger partial charge in [-0.3, -0.25) is 4.90 Å². The molecule has 0 aromatic rings. The van der Waals surface area contributed by atoms with Gasteiger partial charge in [0, 0.05) is 0 Å². The Bertz CT molecular complexity index is 103. The van der Waals surface area contributed by atoms with E-state index in [1.54, 1.807) is 0 Å². The van der Waals surface area contributed by atoms with Crippen molar-refractivity contribution < 1.29 is 4.79 Å². The van der Waals surface area contributed by atoms with Crippen molar-refractivity contribution in [3.63, 3.8) is 0 Å². The van der Waals surface area contributed by atoms with E-state index in [4.69, 9.17) is 0 Å². The highest BCUT2D eigenvalue weighted by atomic mass is 16.1. The van der Waals surface area contributed by atoms with E-state index in [1.807, 2.05) is 0 Å². The Morgan fingerprint density at radius 2 is 2.56 bits per heavy atom. The first-order chi connectivity index (χ1) is 4.38. The molecule has 1 fully saturated rings. The van der Waals surface area contributed by atoms with Gasteiger partial charge < -0.3 is 4.79 Å². The zero-order valence-corrected chi connectivity index (χ0v) is 5.84. The van der Waals surface area contributed by atoms with Crippen LogP contribution in [0.1, 0.15) is 19.8 Å². The predicted molar refractivity (Wildman–Crippen MR) is 36.3 cm³/mol. The third-order valence-corrected chi connectivity index (χ3v) is 1.98. The van der Waals surface area contributed by atoms with Crippen molar-refractivity contribution >= 4 is 6.29 Å². The van der Waals surface area contributed by atoms with Crippen LogP contribution in [0, 0.1) is 0 Å². The van der Waals surface area contributed by atoms with Crippen LogP contribution in [0.2, 0.25) is 0 Å². The van der Waals surface area contributed by atoms with E-state index in [9.17, 15) is 4.79 Å². The van der Waals surface area contributed by atoms with Crippen LogP contribution >= 0.6 is 0 Å². The summed E-state index contributed by atoms with van der Waals surface area (Å²) >= 11 is 0. The van der Waals surface area contributed by atoms with Crippen LogP contribution in [0.25, 0.3) is 0 Å². The Hall–Kier alpha value is -0.370. The van der Waals surface area contributed by atoms with Crippen LogP contribution in [-0.2, 0) is 4.79 Å². The number of carbonyl (C=O) groups is 1. The summed E-state index contributed by atoms with van der Waals surface area (Å²) in [5, 5.41) is 0. The van der Waals surface area contributed by atoms with Crippen molar-refractivity contribution in [1.82, 2.24) is 4.90 Å². The quantitative estimate of drug-likeness (QED) is 0.508. The largest absolute Gasteiger partial charge is 0.302 e. The summed E-state index contributed by atoms with van der Waals surface area (Å²) in [6, 6.07) is 0.231. The summed E-state index contributed by atoms with van der Waals surface area (Å²) in [6.07, 6.45) is 3.32. The molecule has 2 nitrogen and oxygen atoms in total. The molecular formula is C7H13NO. The molecule has 52 valence electrons. The molecule has 0 saturated carbocycles. The standard InChI is InChI=1S/C7H13NO/c1-2-8-5-3-4-7(8)6-9/h6-7H,2-5H2,1H3/t7-/m1/s1. The van der Waals surface area contributed by atoms with Crippen molar-refractivity contribution in [1.29, 1.82) is 0 Å². The van der Waals surface area contributed by atoms with Crippen LogP contribution in [0.15, 0.2) is 0 Å². The minimum absolute atomic E-state index is 0.231. The number of carbonyl (C=O) groups excluding carboxylic acids is 1. The second kappa shape index (κ2) is 2.97. The minimum Gasteiger partial charge on any atom is -0.302 e. The van der Waals surface area contributed by atoms with Crippen LogP contribution in [0.5, 0.6) is 0 Å². The lowest BCUT2D eigenvalue weighted by Crippen LogP contribution is -2.29. The molecule has 0 amide bonds. The monoisotopic (exact) mass is 127 g/mol. The van der Waals surface area contributed by atoms with Crippen molar-refractivity contribution in [2.75, 3.05) is 13.1 Å². The molecule has 2 heteroatoms. The molecule has 0 unspecified atom stereocenters. The van der Waals surface area contributed by atoms with E-state index in [0.717, 1.165) is 25.8 Å². The molecule has 0 spiro atoms. The Kier molecular flexibility index (Phi) is 2.22. The number of nitrogens with zero attached hydrogens (tertiary/aromatic N) is 1. The lowest BCUT2D eigenvalue weighted by atomic mass is 10.2. The fourth-order valence-electron chi connectivity index (χ4n) is 1.40. The Balaban J connectivity index is 2.41. The van der Waals surface area contributed by atoms with Crippen LogP contribution < -0.4 is 0 Å². The average molecular weight is 127 g/mol. The minimum atomic E-state index is 0.231. The van der Waals surface area contributed by atoms with Crippen molar-refractivity contribution in [3.05, 3.63) is 0 Å². The Labute approximate surface area is 55.8 Å². The molecule has 1 heterocycles. The van der Waals surface area contributed by atoms with Crippen molar-refractivity contribution in [2.24, 2.45) is 0 Å². The molecule has 0 aromatic heterocycles. The molecule has 1 aliphatic heterocycles. The maximum absolute atomic E-state index is 10.3. The average Bonchev–Trinajstić information content (AvgIpc) is 2.33. The summed E-state index contributed by atoms with van der Waals surface area (Å²) in [5.74, 6) is 0. The van der Waals surface area contributed by atoms with E-state index in [0.29, 0.717) is 0 Å². The van der Waals surface area contributed by atoms with Crippen LogP contribution in [-0.4, -0.2) is 30.3 Å². The normalized spacial score (nSPS) is 28.8. The summed E-state index contributed by atoms with van der Waals surface area (Å²) in [6.45, 7) is 4.23. The Morgan fingerprint density at radius 3 is 3.00 bits per heavy atom. The first kappa shape index (κ1) is 6.75. The van der Waals surface area contributed by atoms with Gasteiger partial charge in [0.05, 0.1) is 6.04 Å². The summed E-state index contributed by atoms with van der Waals surface area (Å²) in [4.78, 5) is 12.6. The second-order valence-corrected chi connectivity index (χ2v) is 2.47. The van der Waals surface area contributed by atoms with E-state index < -0.39 is 0 Å². The first-order valence-corrected chi connectivity index (χ1v) is 3.58. The number of hydrogen-bond donors (Lipinski definition) is 0. The topological polar surface area (TPSA) is 20.3 Å². The lowest BCUT2D eigenvalue weighted by Gasteiger charge is -2.16. The third kappa shape index (κ3) is 1.30. The van der Waals surface area contributed by atoms with E-state index in [1.165, 1.54) is 6.42 Å². The van der Waals surface area contributed by atoms with E-state index in [-0.39, 0.29) is 6.04 Å². The number of likely N-dealkylation sites (N-methyl/N-ethyl adjacent to an activating group) is 1. The lowest BCUT2D eigenvalue weighted by molar-refractivity contribution is -0.111. The highest BCUT2D eigenvalue weighted by Crippen LogP contribution is 2.13. The number of aldehydes is 1. The SMILES string of the molecule is CCN1CCC[C@@H]1C=O. The molecule has 0 aromatic carbocycles. The molecule has 0 radical (unpaired) electrons. The van der Waals surface area contributed by atoms with Crippen LogP contribution in [0.3, 0.4) is 0 Å². The Morgan fingerprint density at radius 1 is 1.78 bits per heavy atom. The van der Waals surface area contributed by atoms with Gasteiger partial charge in [-0.25, -0.2) is 0 Å². The molecule has 0 aliphatic carbocycles. The third-order valence-electron chi connectivity index (χ3n) is 1.98. The van der Waals surface area contributed by atoms with Gasteiger partial charge in [-0.1, -0.05) is 6.92 Å². The van der Waals surface area contributed by atoms with Gasteiger partial charge in [0.25, 0.3) is 0 Å². The maximum atomic E-state index is 10.3. The van der Waals surface area contributed by atoms with Gasteiger partial charge in [0.1, 0.15) is 6.29 Å². The highest BCUT2D eigenvalue weighted by molar-refractivity contribution is 5.58. The van der Waals surface area contributed by atoms with Gasteiger partial charge in [-0.15, -0.1) is 0 Å². The smallest absolute Gasteiger partial charge is 0.137 e. The first-order valence-electron chi connectivity index (χ1n) is 3.58. The van der Waals surface area contributed by atoms with Gasteiger partial charge in [-0.05, 0) is 25.9 Å². The molecular weight excluding hydrogens is 114 g/mol. The zero-order valence-electron chi connectivity index (χ0n) is 5.84. The summed E-state index contributed by atoms with van der Waals surface area (Å²) in [7, 11) is 0. The maximum Gasteiger partial charge on any atom is 0.137 e. The fourth-order valence-corrected chi connectivity index (χ4v) is 1.40. The fraction of sp³-hybridized carbons (Fsp3) is 0.857. The molecule has 1 aliphatic rings. The second-order valence-electron chi connectivity index (χ2n) is 2.47. The predicted octanol–water partition coefficient (Wildman–Crippen LogP) is 0.670. The van der Waals surface area contributed by atoms with Crippen molar-refractivity contribution in [2.45, 2.75) is 25.8 Å².